The van der Waals surface area contributed by atoms with Gasteiger partial charge in [0.25, 0.3) is 0 Å². The van der Waals surface area contributed by atoms with E-state index in [0.29, 0.717) is 19.1 Å². The van der Waals surface area contributed by atoms with Gasteiger partial charge in [0, 0.05) is 6.61 Å². The van der Waals surface area contributed by atoms with Crippen LogP contribution in [-0.4, -0.2) is 33.2 Å². The number of aliphatic hydroxyl groups excluding tert-OH is 1. The van der Waals surface area contributed by atoms with E-state index in [1.165, 1.54) is 0 Å². The van der Waals surface area contributed by atoms with E-state index in [2.05, 4.69) is 46.9 Å². The first-order valence-electron chi connectivity index (χ1n) is 8.15. The van der Waals surface area contributed by atoms with E-state index in [0.717, 1.165) is 17.7 Å². The Labute approximate surface area is 136 Å². The highest BCUT2D eigenvalue weighted by Gasteiger charge is 2.36. The fourth-order valence-corrected chi connectivity index (χ4v) is 3.06. The van der Waals surface area contributed by atoms with Crippen LogP contribution in [-0.2, 0) is 4.43 Å². The van der Waals surface area contributed by atoms with E-state index >= 15 is 0 Å². The molecule has 0 fully saturated rings. The van der Waals surface area contributed by atoms with Crippen molar-refractivity contribution >= 4 is 8.32 Å². The number of aliphatic hydroxyl groups is 1. The molecule has 0 radical (unpaired) electrons. The molecule has 126 valence electrons. The molecule has 0 aliphatic carbocycles. The molecule has 22 heavy (non-hydrogen) atoms. The predicted molar refractivity (Wildman–Crippen MR) is 95.2 cm³/mol. The molecule has 0 saturated carbocycles. The normalized spacial score (nSPS) is 14.0. The molecule has 0 aromatic heterocycles. The van der Waals surface area contributed by atoms with Crippen LogP contribution in [0.2, 0.25) is 18.1 Å². The minimum atomic E-state index is -1.70. The minimum Gasteiger partial charge on any atom is -0.491 e. The Hall–Kier alpha value is -0.843. The summed E-state index contributed by atoms with van der Waals surface area (Å²) in [5.74, 6) is 1.20. The van der Waals surface area contributed by atoms with E-state index in [-0.39, 0.29) is 11.6 Å². The van der Waals surface area contributed by atoms with Crippen LogP contribution in [0.15, 0.2) is 24.3 Å². The minimum absolute atomic E-state index is 0.198. The number of hydrogen-bond acceptors (Lipinski definition) is 3. The maximum Gasteiger partial charge on any atom is 0.192 e. The fraction of sp³-hybridized carbons (Fsp3) is 0.667. The summed E-state index contributed by atoms with van der Waals surface area (Å²) in [7, 11) is -1.70. The standard InChI is InChI=1S/C18H32O3Si/c1-15(11-12-19)16-9-7-8-10-17(16)20-13-14-21-22(5,6)18(2,3)4/h7-10,15,19H,11-14H2,1-6H3. The van der Waals surface area contributed by atoms with Gasteiger partial charge in [-0.05, 0) is 42.1 Å². The lowest BCUT2D eigenvalue weighted by atomic mass is 9.97. The second kappa shape index (κ2) is 8.13. The van der Waals surface area contributed by atoms with Crippen molar-refractivity contribution < 1.29 is 14.3 Å². The molecule has 0 aliphatic heterocycles. The van der Waals surface area contributed by atoms with Crippen molar-refractivity contribution in [2.75, 3.05) is 19.8 Å². The van der Waals surface area contributed by atoms with E-state index in [9.17, 15) is 0 Å². The summed E-state index contributed by atoms with van der Waals surface area (Å²) >= 11 is 0. The predicted octanol–water partition coefficient (Wildman–Crippen LogP) is 4.57. The van der Waals surface area contributed by atoms with Crippen molar-refractivity contribution in [2.45, 2.75) is 58.2 Å². The first kappa shape index (κ1) is 19.2. The van der Waals surface area contributed by atoms with Crippen molar-refractivity contribution in [3.05, 3.63) is 29.8 Å². The Morgan fingerprint density at radius 1 is 1.14 bits per heavy atom. The summed E-state index contributed by atoms with van der Waals surface area (Å²) in [6, 6.07) is 8.07. The summed E-state index contributed by atoms with van der Waals surface area (Å²) in [5, 5.41) is 9.34. The van der Waals surface area contributed by atoms with Gasteiger partial charge < -0.3 is 14.3 Å². The van der Waals surface area contributed by atoms with Crippen LogP contribution in [0.4, 0.5) is 0 Å². The van der Waals surface area contributed by atoms with Crippen LogP contribution < -0.4 is 4.74 Å². The van der Waals surface area contributed by atoms with Crippen molar-refractivity contribution in [3.63, 3.8) is 0 Å². The number of para-hydroxylation sites is 1. The van der Waals surface area contributed by atoms with Crippen LogP contribution in [0.3, 0.4) is 0 Å². The Kier molecular flexibility index (Phi) is 7.10. The molecule has 1 atom stereocenters. The summed E-state index contributed by atoms with van der Waals surface area (Å²) in [5.41, 5.74) is 1.16. The largest absolute Gasteiger partial charge is 0.491 e. The zero-order valence-corrected chi connectivity index (χ0v) is 16.0. The van der Waals surface area contributed by atoms with Gasteiger partial charge in [-0.2, -0.15) is 0 Å². The molecule has 1 N–H and O–H groups in total. The molecule has 1 aromatic rings. The summed E-state index contributed by atoms with van der Waals surface area (Å²) < 4.78 is 12.1. The number of benzene rings is 1. The first-order chi connectivity index (χ1) is 10.2. The second-order valence-electron chi connectivity index (χ2n) is 7.41. The van der Waals surface area contributed by atoms with Crippen LogP contribution >= 0.6 is 0 Å². The highest BCUT2D eigenvalue weighted by atomic mass is 28.4. The molecule has 4 heteroatoms. The average Bonchev–Trinajstić information content (AvgIpc) is 2.43. The third-order valence-electron chi connectivity index (χ3n) is 4.62. The zero-order chi connectivity index (χ0) is 16.8. The van der Waals surface area contributed by atoms with Gasteiger partial charge in [-0.1, -0.05) is 45.9 Å². The molecule has 0 aliphatic rings. The Morgan fingerprint density at radius 3 is 2.36 bits per heavy atom. The third kappa shape index (κ3) is 5.41. The molecule has 1 rings (SSSR count). The maximum atomic E-state index is 9.11. The van der Waals surface area contributed by atoms with Gasteiger partial charge in [-0.3, -0.25) is 0 Å². The van der Waals surface area contributed by atoms with E-state index < -0.39 is 8.32 Å². The summed E-state index contributed by atoms with van der Waals surface area (Å²) in [6.07, 6.45) is 0.751. The average molecular weight is 325 g/mol. The van der Waals surface area contributed by atoms with Crippen molar-refractivity contribution in [1.29, 1.82) is 0 Å². The molecular formula is C18H32O3Si. The van der Waals surface area contributed by atoms with Crippen molar-refractivity contribution in [1.82, 2.24) is 0 Å². The smallest absolute Gasteiger partial charge is 0.192 e. The number of rotatable bonds is 8. The SMILES string of the molecule is CC(CCO)c1ccccc1OCCO[Si](C)(C)C(C)(C)C. The molecule has 0 bridgehead atoms. The Morgan fingerprint density at radius 2 is 1.77 bits per heavy atom. The van der Waals surface area contributed by atoms with Crippen LogP contribution in [0.25, 0.3) is 0 Å². The van der Waals surface area contributed by atoms with Gasteiger partial charge >= 0.3 is 0 Å². The van der Waals surface area contributed by atoms with Gasteiger partial charge in [0.2, 0.25) is 0 Å². The Balaban J connectivity index is 2.56. The molecule has 3 nitrogen and oxygen atoms in total. The molecule has 0 spiro atoms. The highest BCUT2D eigenvalue weighted by molar-refractivity contribution is 6.74. The zero-order valence-electron chi connectivity index (χ0n) is 15.0. The molecular weight excluding hydrogens is 292 g/mol. The van der Waals surface area contributed by atoms with Gasteiger partial charge in [-0.15, -0.1) is 0 Å². The van der Waals surface area contributed by atoms with Gasteiger partial charge in [0.05, 0.1) is 6.61 Å². The molecule has 0 amide bonds. The molecule has 0 heterocycles. The van der Waals surface area contributed by atoms with Crippen LogP contribution in [0, 0.1) is 0 Å². The van der Waals surface area contributed by atoms with Gasteiger partial charge in [0.1, 0.15) is 12.4 Å². The maximum absolute atomic E-state index is 9.11. The van der Waals surface area contributed by atoms with Gasteiger partial charge in [0.15, 0.2) is 8.32 Å². The van der Waals surface area contributed by atoms with E-state index in [4.69, 9.17) is 14.3 Å². The molecule has 1 unspecified atom stereocenters. The lowest BCUT2D eigenvalue weighted by Gasteiger charge is -2.36. The van der Waals surface area contributed by atoms with E-state index in [1.54, 1.807) is 0 Å². The fourth-order valence-electron chi connectivity index (χ4n) is 2.03. The van der Waals surface area contributed by atoms with E-state index in [1.807, 2.05) is 18.2 Å². The first-order valence-corrected chi connectivity index (χ1v) is 11.1. The lowest BCUT2D eigenvalue weighted by Crippen LogP contribution is -2.41. The van der Waals surface area contributed by atoms with Crippen LogP contribution in [0.1, 0.15) is 45.6 Å². The molecule has 0 saturated heterocycles. The third-order valence-corrected chi connectivity index (χ3v) is 9.16. The number of ether oxygens (including phenoxy) is 1. The molecule has 1 aromatic carbocycles. The number of hydrogen-bond donors (Lipinski definition) is 1. The highest BCUT2D eigenvalue weighted by Crippen LogP contribution is 2.36. The van der Waals surface area contributed by atoms with Crippen LogP contribution in [0.5, 0.6) is 5.75 Å². The summed E-state index contributed by atoms with van der Waals surface area (Å²) in [4.78, 5) is 0. The van der Waals surface area contributed by atoms with Crippen molar-refractivity contribution in [2.24, 2.45) is 0 Å². The summed E-state index contributed by atoms with van der Waals surface area (Å²) in [6.45, 7) is 14.7. The Bertz CT molecular complexity index is 452. The monoisotopic (exact) mass is 324 g/mol. The second-order valence-corrected chi connectivity index (χ2v) is 12.2. The quantitative estimate of drug-likeness (QED) is 0.562. The lowest BCUT2D eigenvalue weighted by molar-refractivity contribution is 0.201. The van der Waals surface area contributed by atoms with Crippen molar-refractivity contribution in [3.8, 4) is 5.75 Å². The van der Waals surface area contributed by atoms with Gasteiger partial charge in [-0.25, -0.2) is 0 Å². The topological polar surface area (TPSA) is 38.7 Å².